The van der Waals surface area contributed by atoms with Gasteiger partial charge in [-0.15, -0.1) is 0 Å². The molecule has 114 valence electrons. The fraction of sp³-hybridized carbons (Fsp3) is 0.583. The van der Waals surface area contributed by atoms with Crippen LogP contribution >= 0.6 is 0 Å². The van der Waals surface area contributed by atoms with Crippen LogP contribution in [0.3, 0.4) is 0 Å². The monoisotopic (exact) mass is 294 g/mol. The summed E-state index contributed by atoms with van der Waals surface area (Å²) in [4.78, 5) is 14.5. The van der Waals surface area contributed by atoms with Gasteiger partial charge in [-0.3, -0.25) is 4.57 Å². The van der Waals surface area contributed by atoms with E-state index in [2.05, 4.69) is 15.0 Å². The van der Waals surface area contributed by atoms with E-state index in [4.69, 9.17) is 15.6 Å². The van der Waals surface area contributed by atoms with Crippen LogP contribution in [0.1, 0.15) is 12.6 Å². The van der Waals surface area contributed by atoms with Gasteiger partial charge in [0.1, 0.15) is 12.3 Å². The lowest BCUT2D eigenvalue weighted by Gasteiger charge is -2.15. The third-order valence-corrected chi connectivity index (χ3v) is 3.54. The molecule has 0 amide bonds. The number of nitrogens with two attached hydrogens (primary N) is 1. The van der Waals surface area contributed by atoms with Crippen molar-refractivity contribution in [2.24, 2.45) is 0 Å². The predicted molar refractivity (Wildman–Crippen MR) is 75.7 cm³/mol. The summed E-state index contributed by atoms with van der Waals surface area (Å²) >= 11 is 0. The Morgan fingerprint density at radius 3 is 2.86 bits per heavy atom. The molecular weight excluding hydrogens is 276 g/mol. The second kappa shape index (κ2) is 5.10. The van der Waals surface area contributed by atoms with E-state index < -0.39 is 18.4 Å². The van der Waals surface area contributed by atoms with Crippen molar-refractivity contribution in [3.8, 4) is 0 Å². The number of anilines is 2. The minimum atomic E-state index is -0.718. The second-order valence-corrected chi connectivity index (χ2v) is 5.24. The Kier molecular flexibility index (Phi) is 3.40. The van der Waals surface area contributed by atoms with Crippen molar-refractivity contribution in [3.63, 3.8) is 0 Å². The van der Waals surface area contributed by atoms with Gasteiger partial charge in [-0.1, -0.05) is 0 Å². The summed E-state index contributed by atoms with van der Waals surface area (Å²) in [5, 5.41) is 19.0. The molecule has 2 aromatic rings. The molecular formula is C12H18N6O3. The first kappa shape index (κ1) is 14.0. The van der Waals surface area contributed by atoms with Crippen LogP contribution in [0.15, 0.2) is 6.33 Å². The number of aliphatic hydroxyl groups is 2. The van der Waals surface area contributed by atoms with Gasteiger partial charge < -0.3 is 25.6 Å². The lowest BCUT2D eigenvalue weighted by Crippen LogP contribution is -2.24. The SMILES string of the molecule is CN(C)c1nc(N)nc2c1ncn2C1CC(O)C(CO)O1. The van der Waals surface area contributed by atoms with Crippen LogP contribution in [0.25, 0.3) is 11.2 Å². The third-order valence-electron chi connectivity index (χ3n) is 3.54. The quantitative estimate of drug-likeness (QED) is 0.666. The lowest BCUT2D eigenvalue weighted by molar-refractivity contribution is -0.0432. The summed E-state index contributed by atoms with van der Waals surface area (Å²) in [7, 11) is 3.69. The Morgan fingerprint density at radius 1 is 1.48 bits per heavy atom. The lowest BCUT2D eigenvalue weighted by atomic mass is 10.2. The maximum atomic E-state index is 9.84. The number of hydrogen-bond acceptors (Lipinski definition) is 8. The molecule has 1 aliphatic rings. The molecule has 3 atom stereocenters. The Labute approximate surface area is 121 Å². The number of aromatic nitrogens is 4. The summed E-state index contributed by atoms with van der Waals surface area (Å²) in [6.45, 7) is -0.232. The van der Waals surface area contributed by atoms with E-state index in [1.165, 1.54) is 0 Å². The number of imidazole rings is 1. The van der Waals surface area contributed by atoms with Crippen molar-refractivity contribution in [1.82, 2.24) is 19.5 Å². The molecule has 0 spiro atoms. The molecule has 1 saturated heterocycles. The van der Waals surface area contributed by atoms with E-state index in [1.54, 1.807) is 15.8 Å². The van der Waals surface area contributed by atoms with Gasteiger partial charge >= 0.3 is 0 Å². The molecule has 3 rings (SSSR count). The summed E-state index contributed by atoms with van der Waals surface area (Å²) in [5.41, 5.74) is 6.90. The van der Waals surface area contributed by atoms with Crippen LogP contribution in [-0.4, -0.2) is 62.6 Å². The Balaban J connectivity index is 2.05. The first-order valence-corrected chi connectivity index (χ1v) is 6.63. The smallest absolute Gasteiger partial charge is 0.224 e. The van der Waals surface area contributed by atoms with Gasteiger partial charge in [-0.2, -0.15) is 9.97 Å². The molecule has 0 aromatic carbocycles. The van der Waals surface area contributed by atoms with Crippen LogP contribution in [0.2, 0.25) is 0 Å². The van der Waals surface area contributed by atoms with E-state index >= 15 is 0 Å². The van der Waals surface area contributed by atoms with Crippen LogP contribution in [-0.2, 0) is 4.74 Å². The molecule has 21 heavy (non-hydrogen) atoms. The van der Waals surface area contributed by atoms with Gasteiger partial charge in [0.2, 0.25) is 5.95 Å². The van der Waals surface area contributed by atoms with E-state index in [1.807, 2.05) is 14.1 Å². The van der Waals surface area contributed by atoms with Gasteiger partial charge in [0, 0.05) is 20.5 Å². The average molecular weight is 294 g/mol. The Bertz CT molecular complexity index is 658. The van der Waals surface area contributed by atoms with Crippen molar-refractivity contribution in [3.05, 3.63) is 6.33 Å². The first-order valence-electron chi connectivity index (χ1n) is 6.63. The Morgan fingerprint density at radius 2 is 2.24 bits per heavy atom. The third kappa shape index (κ3) is 2.28. The average Bonchev–Trinajstić information content (AvgIpc) is 3.00. The second-order valence-electron chi connectivity index (χ2n) is 5.24. The largest absolute Gasteiger partial charge is 0.394 e. The van der Waals surface area contributed by atoms with Crippen molar-refractivity contribution in [1.29, 1.82) is 0 Å². The van der Waals surface area contributed by atoms with Crippen LogP contribution in [0.4, 0.5) is 11.8 Å². The van der Waals surface area contributed by atoms with Crippen molar-refractivity contribution < 1.29 is 14.9 Å². The first-order chi connectivity index (χ1) is 10.0. The number of nitrogen functional groups attached to an aromatic ring is 1. The minimum absolute atomic E-state index is 0.144. The number of hydrogen-bond donors (Lipinski definition) is 3. The zero-order chi connectivity index (χ0) is 15.1. The fourth-order valence-corrected chi connectivity index (χ4v) is 2.49. The minimum Gasteiger partial charge on any atom is -0.394 e. The standard InChI is InChI=1S/C12H18N6O3/c1-17(2)10-9-11(16-12(13)15-10)18(5-14-9)8-3-6(20)7(4-19)21-8/h5-8,19-20H,3-4H2,1-2H3,(H2,13,15,16). The molecule has 1 aliphatic heterocycles. The fourth-order valence-electron chi connectivity index (χ4n) is 2.49. The van der Waals surface area contributed by atoms with Gasteiger partial charge in [0.25, 0.3) is 0 Å². The highest BCUT2D eigenvalue weighted by molar-refractivity contribution is 5.84. The molecule has 0 aliphatic carbocycles. The molecule has 4 N–H and O–H groups in total. The zero-order valence-electron chi connectivity index (χ0n) is 11.8. The van der Waals surface area contributed by atoms with E-state index in [-0.39, 0.29) is 12.6 Å². The predicted octanol–water partition coefficient (Wildman–Crippen LogP) is -0.885. The summed E-state index contributed by atoms with van der Waals surface area (Å²) in [6.07, 6.45) is 0.192. The van der Waals surface area contributed by atoms with Crippen molar-refractivity contribution in [2.75, 3.05) is 31.3 Å². The van der Waals surface area contributed by atoms with Crippen molar-refractivity contribution >= 4 is 22.9 Å². The van der Waals surface area contributed by atoms with E-state index in [0.29, 0.717) is 23.4 Å². The Hall–Kier alpha value is -1.97. The summed E-state index contributed by atoms with van der Waals surface area (Å²) in [5.74, 6) is 0.763. The maximum absolute atomic E-state index is 9.84. The van der Waals surface area contributed by atoms with Gasteiger partial charge in [0.15, 0.2) is 17.0 Å². The van der Waals surface area contributed by atoms with Gasteiger partial charge in [-0.05, 0) is 0 Å². The maximum Gasteiger partial charge on any atom is 0.224 e. The highest BCUT2D eigenvalue weighted by atomic mass is 16.5. The van der Waals surface area contributed by atoms with Gasteiger partial charge in [-0.25, -0.2) is 4.98 Å². The summed E-state index contributed by atoms with van der Waals surface area (Å²) < 4.78 is 7.33. The molecule has 9 heteroatoms. The number of aliphatic hydroxyl groups excluding tert-OH is 2. The molecule has 2 aromatic heterocycles. The molecule has 9 nitrogen and oxygen atoms in total. The molecule has 3 heterocycles. The topological polar surface area (TPSA) is 123 Å². The molecule has 1 fully saturated rings. The molecule has 0 bridgehead atoms. The molecule has 3 unspecified atom stereocenters. The molecule has 0 radical (unpaired) electrons. The van der Waals surface area contributed by atoms with Crippen LogP contribution < -0.4 is 10.6 Å². The van der Waals surface area contributed by atoms with Crippen LogP contribution in [0, 0.1) is 0 Å². The molecule has 0 saturated carbocycles. The number of nitrogens with zero attached hydrogens (tertiary/aromatic N) is 5. The number of ether oxygens (including phenoxy) is 1. The van der Waals surface area contributed by atoms with Crippen molar-refractivity contribution in [2.45, 2.75) is 24.9 Å². The zero-order valence-corrected chi connectivity index (χ0v) is 11.8. The number of rotatable bonds is 3. The van der Waals surface area contributed by atoms with E-state index in [0.717, 1.165) is 0 Å². The van der Waals surface area contributed by atoms with E-state index in [9.17, 15) is 5.11 Å². The summed E-state index contributed by atoms with van der Waals surface area (Å²) in [6, 6.07) is 0. The van der Waals surface area contributed by atoms with Crippen LogP contribution in [0.5, 0.6) is 0 Å². The van der Waals surface area contributed by atoms with Gasteiger partial charge in [0.05, 0.1) is 19.0 Å². The normalized spacial score (nSPS) is 25.6. The highest BCUT2D eigenvalue weighted by Gasteiger charge is 2.35. The highest BCUT2D eigenvalue weighted by Crippen LogP contribution is 2.32. The number of fused-ring (bicyclic) bond motifs is 1.